The van der Waals surface area contributed by atoms with E-state index in [-0.39, 0.29) is 5.56 Å². The van der Waals surface area contributed by atoms with Gasteiger partial charge in [-0.1, -0.05) is 11.3 Å². The van der Waals surface area contributed by atoms with Crippen molar-refractivity contribution in [1.82, 2.24) is 14.8 Å². The van der Waals surface area contributed by atoms with Crippen molar-refractivity contribution in [3.8, 4) is 10.6 Å². The molecule has 0 aromatic carbocycles. The summed E-state index contributed by atoms with van der Waals surface area (Å²) in [5.41, 5.74) is 6.95. The number of nitrogens with zero attached hydrogens (tertiary/aromatic N) is 3. The average molecular weight is 280 g/mol. The summed E-state index contributed by atoms with van der Waals surface area (Å²) in [5.74, 6) is 0. The van der Waals surface area contributed by atoms with E-state index in [9.17, 15) is 4.79 Å². The van der Waals surface area contributed by atoms with E-state index in [1.807, 2.05) is 13.0 Å². The van der Waals surface area contributed by atoms with E-state index in [0.717, 1.165) is 12.1 Å². The van der Waals surface area contributed by atoms with E-state index >= 15 is 0 Å². The minimum absolute atomic E-state index is 0.0627. The molecular formula is C12H16N4O2S. The summed E-state index contributed by atoms with van der Waals surface area (Å²) in [5, 5.41) is 8.58. The molecular weight excluding hydrogens is 264 g/mol. The predicted molar refractivity (Wildman–Crippen MR) is 75.2 cm³/mol. The third-order valence-corrected chi connectivity index (χ3v) is 3.58. The molecule has 0 saturated carbocycles. The Morgan fingerprint density at radius 2 is 2.21 bits per heavy atom. The van der Waals surface area contributed by atoms with Crippen molar-refractivity contribution >= 4 is 16.5 Å². The van der Waals surface area contributed by atoms with Crippen LogP contribution in [0.3, 0.4) is 0 Å². The zero-order valence-electron chi connectivity index (χ0n) is 10.9. The maximum absolute atomic E-state index is 12.4. The first-order valence-corrected chi connectivity index (χ1v) is 6.74. The second kappa shape index (κ2) is 5.94. The number of aryl methyl sites for hydroxylation is 1. The Kier molecular flexibility index (Phi) is 4.28. The van der Waals surface area contributed by atoms with Crippen LogP contribution in [0.15, 0.2) is 16.9 Å². The van der Waals surface area contributed by atoms with Gasteiger partial charge >= 0.3 is 0 Å². The molecule has 2 heterocycles. The minimum atomic E-state index is -0.0627. The topological polar surface area (TPSA) is 83.0 Å². The maximum atomic E-state index is 12.4. The molecule has 2 N–H and O–H groups in total. The number of nitrogens with two attached hydrogens (primary N) is 1. The van der Waals surface area contributed by atoms with Gasteiger partial charge in [0.15, 0.2) is 5.01 Å². The van der Waals surface area contributed by atoms with Crippen molar-refractivity contribution in [1.29, 1.82) is 0 Å². The van der Waals surface area contributed by atoms with Crippen LogP contribution in [0.2, 0.25) is 0 Å². The van der Waals surface area contributed by atoms with Gasteiger partial charge in [-0.05, 0) is 25.5 Å². The highest BCUT2D eigenvalue weighted by Crippen LogP contribution is 2.21. The fourth-order valence-corrected chi connectivity index (χ4v) is 2.45. The Balaban J connectivity index is 2.37. The first-order valence-electron chi connectivity index (χ1n) is 5.92. The lowest BCUT2D eigenvalue weighted by atomic mass is 10.2. The lowest BCUT2D eigenvalue weighted by Gasteiger charge is -2.10. The van der Waals surface area contributed by atoms with Gasteiger partial charge in [-0.15, -0.1) is 10.2 Å². The van der Waals surface area contributed by atoms with Crippen LogP contribution in [0, 0.1) is 6.92 Å². The van der Waals surface area contributed by atoms with Gasteiger partial charge in [-0.2, -0.15) is 0 Å². The Morgan fingerprint density at radius 3 is 2.84 bits per heavy atom. The summed E-state index contributed by atoms with van der Waals surface area (Å²) >= 11 is 1.22. The van der Waals surface area contributed by atoms with Gasteiger partial charge in [-0.25, -0.2) is 0 Å². The standard InChI is InChI=1S/C12H16N4O2S/c1-8-4-5-9(10-14-15-12(13)19-10)11(17)16(8)6-3-7-18-2/h4-5H,3,6-7H2,1-2H3,(H2,13,15). The largest absolute Gasteiger partial charge is 0.385 e. The zero-order valence-corrected chi connectivity index (χ0v) is 11.7. The van der Waals surface area contributed by atoms with Crippen LogP contribution in [-0.4, -0.2) is 28.5 Å². The SMILES string of the molecule is COCCCn1c(C)ccc(-c2nnc(N)s2)c1=O. The number of anilines is 1. The van der Waals surface area contributed by atoms with E-state index in [0.29, 0.717) is 28.9 Å². The summed E-state index contributed by atoms with van der Waals surface area (Å²) in [6.45, 7) is 3.16. The number of rotatable bonds is 5. The zero-order chi connectivity index (χ0) is 13.8. The van der Waals surface area contributed by atoms with Gasteiger partial charge < -0.3 is 15.0 Å². The molecule has 0 bridgehead atoms. The van der Waals surface area contributed by atoms with Crippen LogP contribution in [-0.2, 0) is 11.3 Å². The molecule has 0 aliphatic heterocycles. The average Bonchev–Trinajstić information content (AvgIpc) is 2.80. The number of ether oxygens (including phenoxy) is 1. The molecule has 0 saturated heterocycles. The molecule has 2 aromatic rings. The van der Waals surface area contributed by atoms with E-state index in [1.165, 1.54) is 11.3 Å². The highest BCUT2D eigenvalue weighted by molar-refractivity contribution is 7.18. The van der Waals surface area contributed by atoms with Crippen LogP contribution >= 0.6 is 11.3 Å². The van der Waals surface area contributed by atoms with Gasteiger partial charge in [0, 0.05) is 26.0 Å². The van der Waals surface area contributed by atoms with Crippen molar-refractivity contribution in [2.45, 2.75) is 19.9 Å². The van der Waals surface area contributed by atoms with Crippen molar-refractivity contribution in [3.63, 3.8) is 0 Å². The van der Waals surface area contributed by atoms with Gasteiger partial charge in [0.05, 0.1) is 5.56 Å². The smallest absolute Gasteiger partial charge is 0.261 e. The molecule has 2 rings (SSSR count). The molecule has 0 fully saturated rings. The molecule has 19 heavy (non-hydrogen) atoms. The number of nitrogen functional groups attached to an aromatic ring is 1. The van der Waals surface area contributed by atoms with Gasteiger partial charge in [0.25, 0.3) is 5.56 Å². The highest BCUT2D eigenvalue weighted by atomic mass is 32.1. The van der Waals surface area contributed by atoms with E-state index in [1.54, 1.807) is 17.7 Å². The number of hydrogen-bond donors (Lipinski definition) is 1. The number of aromatic nitrogens is 3. The summed E-state index contributed by atoms with van der Waals surface area (Å²) in [4.78, 5) is 12.4. The Hall–Kier alpha value is -1.73. The predicted octanol–water partition coefficient (Wildman–Crippen LogP) is 1.29. The van der Waals surface area contributed by atoms with E-state index < -0.39 is 0 Å². The Bertz CT molecular complexity index is 620. The Morgan fingerprint density at radius 1 is 1.42 bits per heavy atom. The van der Waals surface area contributed by atoms with Crippen LogP contribution in [0.5, 0.6) is 0 Å². The molecule has 0 radical (unpaired) electrons. The van der Waals surface area contributed by atoms with E-state index in [4.69, 9.17) is 10.5 Å². The monoisotopic (exact) mass is 280 g/mol. The second-order valence-electron chi connectivity index (χ2n) is 4.14. The van der Waals surface area contributed by atoms with Crippen LogP contribution in [0.1, 0.15) is 12.1 Å². The molecule has 0 aliphatic rings. The van der Waals surface area contributed by atoms with E-state index in [2.05, 4.69) is 10.2 Å². The van der Waals surface area contributed by atoms with Crippen LogP contribution < -0.4 is 11.3 Å². The number of hydrogen-bond acceptors (Lipinski definition) is 6. The van der Waals surface area contributed by atoms with Gasteiger partial charge in [0.2, 0.25) is 5.13 Å². The molecule has 0 unspecified atom stereocenters. The van der Waals surface area contributed by atoms with Crippen molar-refractivity contribution in [3.05, 3.63) is 28.2 Å². The first-order chi connectivity index (χ1) is 9.13. The molecule has 0 spiro atoms. The molecule has 7 heteroatoms. The van der Waals surface area contributed by atoms with Crippen LogP contribution in [0.4, 0.5) is 5.13 Å². The molecule has 102 valence electrons. The third-order valence-electron chi connectivity index (χ3n) is 2.79. The molecule has 0 aliphatic carbocycles. The Labute approximate surface area is 114 Å². The quantitative estimate of drug-likeness (QED) is 0.834. The molecule has 0 atom stereocenters. The number of methoxy groups -OCH3 is 1. The fourth-order valence-electron chi connectivity index (χ4n) is 1.82. The lowest BCUT2D eigenvalue weighted by molar-refractivity contribution is 0.189. The highest BCUT2D eigenvalue weighted by Gasteiger charge is 2.12. The summed E-state index contributed by atoms with van der Waals surface area (Å²) in [7, 11) is 1.65. The third kappa shape index (κ3) is 2.99. The van der Waals surface area contributed by atoms with Crippen molar-refractivity contribution < 1.29 is 4.74 Å². The van der Waals surface area contributed by atoms with Crippen LogP contribution in [0.25, 0.3) is 10.6 Å². The summed E-state index contributed by atoms with van der Waals surface area (Å²) in [6.07, 6.45) is 0.791. The normalized spacial score (nSPS) is 10.8. The molecule has 2 aromatic heterocycles. The van der Waals surface area contributed by atoms with Crippen molar-refractivity contribution in [2.24, 2.45) is 0 Å². The second-order valence-corrected chi connectivity index (χ2v) is 5.15. The van der Waals surface area contributed by atoms with Gasteiger partial charge in [-0.3, -0.25) is 4.79 Å². The minimum Gasteiger partial charge on any atom is -0.385 e. The first kappa shape index (κ1) is 13.7. The fraction of sp³-hybridized carbons (Fsp3) is 0.417. The summed E-state index contributed by atoms with van der Waals surface area (Å²) in [6, 6.07) is 3.67. The maximum Gasteiger partial charge on any atom is 0.261 e. The van der Waals surface area contributed by atoms with Crippen molar-refractivity contribution in [2.75, 3.05) is 19.5 Å². The lowest BCUT2D eigenvalue weighted by Crippen LogP contribution is -2.24. The number of pyridine rings is 1. The molecule has 0 amide bonds. The van der Waals surface area contributed by atoms with Gasteiger partial charge in [0.1, 0.15) is 0 Å². The molecule has 6 nitrogen and oxygen atoms in total. The summed E-state index contributed by atoms with van der Waals surface area (Å²) < 4.78 is 6.74.